The maximum absolute atomic E-state index is 8.75. The summed E-state index contributed by atoms with van der Waals surface area (Å²) in [5.74, 6) is 2.41. The van der Waals surface area contributed by atoms with E-state index < -0.39 is 0 Å². The summed E-state index contributed by atoms with van der Waals surface area (Å²) in [7, 11) is 0. The fourth-order valence-corrected chi connectivity index (χ4v) is 0.878. The van der Waals surface area contributed by atoms with Crippen LogP contribution in [0.3, 0.4) is 0 Å². The minimum Gasteiger partial charge on any atom is -0.392 e. The van der Waals surface area contributed by atoms with Crippen LogP contribution in [-0.2, 0) is 6.61 Å². The van der Waals surface area contributed by atoms with Crippen LogP contribution in [0.2, 0.25) is 0 Å². The predicted octanol–water partition coefficient (Wildman–Crippen LogP) is 1.83. The molecule has 1 nitrogen and oxygen atoms in total. The van der Waals surface area contributed by atoms with Crippen LogP contribution in [0.1, 0.15) is 11.1 Å². The van der Waals surface area contributed by atoms with Gasteiger partial charge in [0, 0.05) is 0 Å². The number of aliphatic hydroxyl groups is 1. The molecule has 0 radical (unpaired) electrons. The van der Waals surface area contributed by atoms with Crippen molar-refractivity contribution in [2.45, 2.75) is 6.61 Å². The van der Waals surface area contributed by atoms with Crippen molar-refractivity contribution in [2.75, 3.05) is 0 Å². The number of aliphatic hydroxyl groups excluding tert-OH is 1. The third kappa shape index (κ3) is 2.26. The van der Waals surface area contributed by atoms with Crippen LogP contribution in [0.4, 0.5) is 0 Å². The maximum atomic E-state index is 8.75. The van der Waals surface area contributed by atoms with Crippen LogP contribution in [0, 0.1) is 12.3 Å². The third-order valence-electron chi connectivity index (χ3n) is 1.53. The summed E-state index contributed by atoms with van der Waals surface area (Å²) >= 11 is 0. The number of benzene rings is 1. The van der Waals surface area contributed by atoms with Crippen LogP contribution >= 0.6 is 0 Å². The zero-order valence-electron chi connectivity index (χ0n) is 6.70. The zero-order chi connectivity index (χ0) is 8.81. The molecule has 0 saturated heterocycles. The average Bonchev–Trinajstić information content (AvgIpc) is 2.15. The molecule has 0 saturated carbocycles. The quantitative estimate of drug-likeness (QED) is 0.651. The zero-order valence-corrected chi connectivity index (χ0v) is 6.70. The highest BCUT2D eigenvalue weighted by molar-refractivity contribution is 5.52. The second-order valence-corrected chi connectivity index (χ2v) is 2.40. The van der Waals surface area contributed by atoms with Crippen molar-refractivity contribution >= 4 is 6.08 Å². The second-order valence-electron chi connectivity index (χ2n) is 2.40. The van der Waals surface area contributed by atoms with Gasteiger partial charge in [-0.1, -0.05) is 30.2 Å². The lowest BCUT2D eigenvalue weighted by molar-refractivity contribution is 0.282. The third-order valence-corrected chi connectivity index (χ3v) is 1.53. The lowest BCUT2D eigenvalue weighted by Crippen LogP contribution is -1.81. The highest BCUT2D eigenvalue weighted by atomic mass is 16.3. The molecule has 0 heterocycles. The van der Waals surface area contributed by atoms with Crippen molar-refractivity contribution in [1.82, 2.24) is 0 Å². The Hall–Kier alpha value is -1.52. The Labute approximate surface area is 72.4 Å². The molecule has 1 rings (SSSR count). The van der Waals surface area contributed by atoms with Crippen LogP contribution in [-0.4, -0.2) is 5.11 Å². The van der Waals surface area contributed by atoms with Crippen molar-refractivity contribution in [3.63, 3.8) is 0 Å². The lowest BCUT2D eigenvalue weighted by Gasteiger charge is -1.95. The first-order valence-electron chi connectivity index (χ1n) is 3.69. The highest BCUT2D eigenvalue weighted by Crippen LogP contribution is 2.05. The fraction of sp³-hybridized carbons (Fsp3) is 0.0909. The Morgan fingerprint density at radius 2 is 2.00 bits per heavy atom. The van der Waals surface area contributed by atoms with Crippen molar-refractivity contribution in [1.29, 1.82) is 0 Å². The minimum atomic E-state index is 0.0825. The molecular formula is C11H10O. The van der Waals surface area contributed by atoms with Gasteiger partial charge in [0.05, 0.1) is 6.61 Å². The average molecular weight is 158 g/mol. The van der Waals surface area contributed by atoms with E-state index in [1.165, 1.54) is 0 Å². The molecule has 60 valence electrons. The van der Waals surface area contributed by atoms with E-state index in [0.717, 1.165) is 11.1 Å². The summed E-state index contributed by atoms with van der Waals surface area (Å²) in [4.78, 5) is 0. The van der Waals surface area contributed by atoms with Gasteiger partial charge in [-0.05, 0) is 23.3 Å². The van der Waals surface area contributed by atoms with E-state index in [9.17, 15) is 0 Å². The van der Waals surface area contributed by atoms with Gasteiger partial charge in [-0.2, -0.15) is 0 Å². The van der Waals surface area contributed by atoms with Gasteiger partial charge in [0.2, 0.25) is 0 Å². The van der Waals surface area contributed by atoms with E-state index in [4.69, 9.17) is 11.5 Å². The normalized spacial score (nSPS) is 10.0. The van der Waals surface area contributed by atoms with Gasteiger partial charge in [-0.15, -0.1) is 6.42 Å². The topological polar surface area (TPSA) is 20.2 Å². The Morgan fingerprint density at radius 1 is 1.33 bits per heavy atom. The smallest absolute Gasteiger partial charge is 0.0681 e. The molecule has 1 aromatic carbocycles. The number of allylic oxidation sites excluding steroid dienone is 1. The number of terminal acetylenes is 1. The Morgan fingerprint density at radius 3 is 2.50 bits per heavy atom. The van der Waals surface area contributed by atoms with E-state index in [1.54, 1.807) is 6.08 Å². The van der Waals surface area contributed by atoms with Crippen LogP contribution < -0.4 is 0 Å². The number of hydrogen-bond acceptors (Lipinski definition) is 1. The SMILES string of the molecule is C#C/C=C/c1ccc(CO)cc1. The Bertz CT molecular complexity index is 301. The molecule has 1 heteroatoms. The summed E-state index contributed by atoms with van der Waals surface area (Å²) in [6.07, 6.45) is 8.55. The van der Waals surface area contributed by atoms with Crippen LogP contribution in [0.5, 0.6) is 0 Å². The molecule has 1 N–H and O–H groups in total. The van der Waals surface area contributed by atoms with Crippen molar-refractivity contribution < 1.29 is 5.11 Å². The van der Waals surface area contributed by atoms with Gasteiger partial charge in [-0.25, -0.2) is 0 Å². The summed E-state index contributed by atoms with van der Waals surface area (Å²) < 4.78 is 0. The highest BCUT2D eigenvalue weighted by Gasteiger charge is 1.88. The van der Waals surface area contributed by atoms with Gasteiger partial charge in [0.15, 0.2) is 0 Å². The standard InChI is InChI=1S/C11H10O/c1-2-3-4-10-5-7-11(9-12)8-6-10/h1,3-8,12H,9H2/b4-3+. The lowest BCUT2D eigenvalue weighted by atomic mass is 10.1. The van der Waals surface area contributed by atoms with Crippen LogP contribution in [0.25, 0.3) is 6.08 Å². The van der Waals surface area contributed by atoms with E-state index in [2.05, 4.69) is 5.92 Å². The monoisotopic (exact) mass is 158 g/mol. The molecule has 1 aromatic rings. The summed E-state index contributed by atoms with van der Waals surface area (Å²) in [6.45, 7) is 0.0825. The molecule has 0 aliphatic heterocycles. The maximum Gasteiger partial charge on any atom is 0.0681 e. The largest absolute Gasteiger partial charge is 0.392 e. The molecule has 0 unspecified atom stereocenters. The molecule has 0 bridgehead atoms. The molecule has 0 aliphatic rings. The van der Waals surface area contributed by atoms with E-state index in [0.29, 0.717) is 0 Å². The molecule has 0 amide bonds. The van der Waals surface area contributed by atoms with Crippen molar-refractivity contribution in [3.8, 4) is 12.3 Å². The fourth-order valence-electron chi connectivity index (χ4n) is 0.878. The predicted molar refractivity (Wildman–Crippen MR) is 50.2 cm³/mol. The first-order chi connectivity index (χ1) is 5.86. The minimum absolute atomic E-state index is 0.0825. The van der Waals surface area contributed by atoms with Gasteiger partial charge in [0.1, 0.15) is 0 Å². The van der Waals surface area contributed by atoms with Gasteiger partial charge in [-0.3, -0.25) is 0 Å². The number of hydrogen-bond donors (Lipinski definition) is 1. The molecule has 0 fully saturated rings. The van der Waals surface area contributed by atoms with Gasteiger partial charge in [0.25, 0.3) is 0 Å². The van der Waals surface area contributed by atoms with Crippen molar-refractivity contribution in [3.05, 3.63) is 41.5 Å². The molecule has 0 atom stereocenters. The Kier molecular flexibility index (Phi) is 3.13. The van der Waals surface area contributed by atoms with E-state index in [-0.39, 0.29) is 6.61 Å². The van der Waals surface area contributed by atoms with Gasteiger partial charge < -0.3 is 5.11 Å². The van der Waals surface area contributed by atoms with E-state index >= 15 is 0 Å². The van der Waals surface area contributed by atoms with Gasteiger partial charge >= 0.3 is 0 Å². The van der Waals surface area contributed by atoms with Crippen molar-refractivity contribution in [2.24, 2.45) is 0 Å². The molecule has 0 spiro atoms. The van der Waals surface area contributed by atoms with E-state index in [1.807, 2.05) is 30.3 Å². The molecular weight excluding hydrogens is 148 g/mol. The number of rotatable bonds is 2. The second kappa shape index (κ2) is 4.38. The summed E-state index contributed by atoms with van der Waals surface area (Å²) in [6, 6.07) is 7.57. The first-order valence-corrected chi connectivity index (χ1v) is 3.69. The van der Waals surface area contributed by atoms with Crippen LogP contribution in [0.15, 0.2) is 30.3 Å². The molecule has 0 aromatic heterocycles. The Balaban J connectivity index is 2.79. The summed E-state index contributed by atoms with van der Waals surface area (Å²) in [5.41, 5.74) is 1.96. The summed E-state index contributed by atoms with van der Waals surface area (Å²) in [5, 5.41) is 8.75. The molecule has 12 heavy (non-hydrogen) atoms. The first kappa shape index (κ1) is 8.58. The molecule has 0 aliphatic carbocycles.